The average Bonchev–Trinajstić information content (AvgIpc) is 4.01. The predicted molar refractivity (Wildman–Crippen MR) is 198 cm³/mol. The van der Waals surface area contributed by atoms with E-state index < -0.39 is 24.3 Å². The van der Waals surface area contributed by atoms with Crippen LogP contribution in [0.25, 0.3) is 44.2 Å². The molecule has 2 aromatic heterocycles. The zero-order valence-corrected chi connectivity index (χ0v) is 30.5. The monoisotopic (exact) mass is 737 g/mol. The Balaban J connectivity index is 1.05. The van der Waals surface area contributed by atoms with Crippen molar-refractivity contribution in [3.8, 4) is 28.1 Å². The van der Waals surface area contributed by atoms with Crippen LogP contribution in [0.3, 0.4) is 0 Å². The zero-order chi connectivity index (χ0) is 37.7. The van der Waals surface area contributed by atoms with Gasteiger partial charge in [-0.1, -0.05) is 18.2 Å². The van der Waals surface area contributed by atoms with E-state index >= 15 is 0 Å². The van der Waals surface area contributed by atoms with Gasteiger partial charge < -0.3 is 44.2 Å². The normalized spacial score (nSPS) is 20.4. The third kappa shape index (κ3) is 6.26. The highest BCUT2D eigenvalue weighted by Gasteiger charge is 2.40. The number of aromatic amines is 2. The Kier molecular flexibility index (Phi) is 9.36. The Morgan fingerprint density at radius 1 is 1.04 bits per heavy atom. The molecule has 15 nitrogen and oxygen atoms in total. The summed E-state index contributed by atoms with van der Waals surface area (Å²) in [5, 5.41) is 14.5. The van der Waals surface area contributed by atoms with Gasteiger partial charge in [-0.3, -0.25) is 9.69 Å². The maximum Gasteiger partial charge on any atom is 0.407 e. The van der Waals surface area contributed by atoms with Gasteiger partial charge in [-0.2, -0.15) is 0 Å². The lowest BCUT2D eigenvalue weighted by atomic mass is 9.92. The molecular weight excluding hydrogens is 694 g/mol. The molecule has 0 aliphatic carbocycles. The van der Waals surface area contributed by atoms with E-state index in [1.54, 1.807) is 25.1 Å². The number of hydrogen-bond donors (Lipinski definition) is 4. The second kappa shape index (κ2) is 14.3. The first kappa shape index (κ1) is 35.4. The Labute approximate surface area is 310 Å². The van der Waals surface area contributed by atoms with Crippen molar-refractivity contribution in [3.05, 3.63) is 65.9 Å². The van der Waals surface area contributed by atoms with E-state index in [2.05, 4.69) is 39.6 Å². The zero-order valence-electron chi connectivity index (χ0n) is 30.5. The fourth-order valence-electron chi connectivity index (χ4n) is 8.23. The van der Waals surface area contributed by atoms with E-state index in [9.17, 15) is 19.5 Å². The Morgan fingerprint density at radius 2 is 1.89 bits per heavy atom. The first-order valence-electron chi connectivity index (χ1n) is 18.1. The molecule has 3 aromatic carbocycles. The number of rotatable bonds is 9. The lowest BCUT2D eigenvalue weighted by Crippen LogP contribution is -2.54. The molecule has 3 aliphatic heterocycles. The van der Waals surface area contributed by atoms with Crippen LogP contribution in [0.4, 0.5) is 9.59 Å². The van der Waals surface area contributed by atoms with Gasteiger partial charge in [0.15, 0.2) is 0 Å². The van der Waals surface area contributed by atoms with Crippen molar-refractivity contribution in [2.24, 2.45) is 5.92 Å². The molecule has 8 rings (SSSR count). The number of hydrogen-bond acceptors (Lipinski definition) is 9. The molecular formula is C39H43N7O8. The smallest absolute Gasteiger partial charge is 0.407 e. The van der Waals surface area contributed by atoms with Crippen molar-refractivity contribution < 1.29 is 38.4 Å². The van der Waals surface area contributed by atoms with Crippen LogP contribution < -0.4 is 10.1 Å². The summed E-state index contributed by atoms with van der Waals surface area (Å²) in [5.41, 5.74) is 6.45. The van der Waals surface area contributed by atoms with Crippen molar-refractivity contribution in [3.63, 3.8) is 0 Å². The van der Waals surface area contributed by atoms with Crippen LogP contribution in [0.5, 0.6) is 5.75 Å². The highest BCUT2D eigenvalue weighted by Crippen LogP contribution is 2.43. The average molecular weight is 738 g/mol. The van der Waals surface area contributed by atoms with Gasteiger partial charge >= 0.3 is 12.2 Å². The lowest BCUT2D eigenvalue weighted by Gasteiger charge is -2.30. The number of imidazole rings is 2. The van der Waals surface area contributed by atoms with Crippen LogP contribution in [-0.4, -0.2) is 106 Å². The van der Waals surface area contributed by atoms with Gasteiger partial charge in [-0.15, -0.1) is 0 Å². The fourth-order valence-corrected chi connectivity index (χ4v) is 8.23. The van der Waals surface area contributed by atoms with Gasteiger partial charge in [0.1, 0.15) is 30.0 Å². The number of fused-ring (bicyclic) bond motifs is 6. The molecule has 3 aliphatic rings. The molecule has 0 bridgehead atoms. The Bertz CT molecular complexity index is 2250. The molecule has 5 aromatic rings. The van der Waals surface area contributed by atoms with Crippen molar-refractivity contribution in [2.45, 2.75) is 57.0 Å². The molecule has 4 N–H and O–H groups in total. The number of ether oxygens (including phenoxy) is 4. The number of likely N-dealkylation sites (tertiary alicyclic amines) is 2. The number of carbonyl (C=O) groups excluding carboxylic acids is 2. The number of nitrogens with zero attached hydrogens (tertiary/aromatic N) is 4. The van der Waals surface area contributed by atoms with Crippen LogP contribution in [0.15, 0.2) is 48.7 Å². The quantitative estimate of drug-likeness (QED) is 0.145. The molecule has 0 saturated carbocycles. The Hall–Kier alpha value is -5.67. The second-order valence-electron chi connectivity index (χ2n) is 14.2. The molecule has 282 valence electrons. The fraction of sp³-hybridized carbons (Fsp3) is 0.410. The summed E-state index contributed by atoms with van der Waals surface area (Å²) in [6.07, 6.45) is 1.73. The number of methoxy groups -OCH3 is 3. The van der Waals surface area contributed by atoms with E-state index in [-0.39, 0.29) is 23.9 Å². The van der Waals surface area contributed by atoms with Crippen LogP contribution >= 0.6 is 0 Å². The van der Waals surface area contributed by atoms with Gasteiger partial charge in [0.05, 0.1) is 54.8 Å². The topological polar surface area (TPSA) is 184 Å². The summed E-state index contributed by atoms with van der Waals surface area (Å²) in [5.74, 6) is 1.91. The molecule has 5 heterocycles. The summed E-state index contributed by atoms with van der Waals surface area (Å²) in [6.45, 7) is 3.54. The summed E-state index contributed by atoms with van der Waals surface area (Å²) in [6, 6.07) is 12.9. The first-order valence-corrected chi connectivity index (χ1v) is 18.1. The van der Waals surface area contributed by atoms with Crippen LogP contribution in [0.2, 0.25) is 0 Å². The van der Waals surface area contributed by atoms with Gasteiger partial charge in [0.25, 0.3) is 0 Å². The van der Waals surface area contributed by atoms with Crippen molar-refractivity contribution >= 4 is 39.9 Å². The SMILES string of the molecule is COC[C@H]1C[C@@H](c2nc3c(ccc4cc5c(cc43)OCc3cc(-c4cnc([C@@H]6CCCN6C(=O)C(NC(=O)OC)C(C)OC)[nH]4)ccc3-5)[nH]2)N(C(=O)O)C1. The molecule has 0 radical (unpaired) electrons. The van der Waals surface area contributed by atoms with Crippen molar-refractivity contribution in [1.82, 2.24) is 35.1 Å². The summed E-state index contributed by atoms with van der Waals surface area (Å²) in [7, 11) is 4.39. The van der Waals surface area contributed by atoms with Gasteiger partial charge in [0, 0.05) is 44.2 Å². The van der Waals surface area contributed by atoms with Gasteiger partial charge in [-0.05, 0) is 72.5 Å². The minimum Gasteiger partial charge on any atom is -0.488 e. The number of benzene rings is 3. The molecule has 0 spiro atoms. The number of H-pyrrole nitrogens is 2. The number of carboxylic acid groups (broad SMARTS) is 1. The molecule has 5 atom stereocenters. The largest absolute Gasteiger partial charge is 0.488 e. The molecule has 3 amide bonds. The number of amides is 3. The van der Waals surface area contributed by atoms with E-state index in [0.717, 1.165) is 68.3 Å². The summed E-state index contributed by atoms with van der Waals surface area (Å²) >= 11 is 0. The van der Waals surface area contributed by atoms with Crippen LogP contribution in [0.1, 0.15) is 55.5 Å². The molecule has 2 saturated heterocycles. The number of nitrogens with one attached hydrogen (secondary N) is 3. The number of aromatic nitrogens is 4. The maximum absolute atomic E-state index is 13.7. The second-order valence-corrected chi connectivity index (χ2v) is 14.2. The van der Waals surface area contributed by atoms with Crippen molar-refractivity contribution in [1.29, 1.82) is 0 Å². The third-order valence-corrected chi connectivity index (χ3v) is 11.0. The molecule has 15 heteroatoms. The lowest BCUT2D eigenvalue weighted by molar-refractivity contribution is -0.137. The van der Waals surface area contributed by atoms with E-state index in [1.165, 1.54) is 19.1 Å². The molecule has 54 heavy (non-hydrogen) atoms. The first-order chi connectivity index (χ1) is 26.2. The predicted octanol–water partition coefficient (Wildman–Crippen LogP) is 5.78. The van der Waals surface area contributed by atoms with E-state index in [4.69, 9.17) is 28.9 Å². The van der Waals surface area contributed by atoms with Gasteiger partial charge in [0.2, 0.25) is 5.91 Å². The minimum absolute atomic E-state index is 0.104. The van der Waals surface area contributed by atoms with Gasteiger partial charge in [-0.25, -0.2) is 19.6 Å². The summed E-state index contributed by atoms with van der Waals surface area (Å²) < 4.78 is 21.8. The van der Waals surface area contributed by atoms with Crippen LogP contribution in [0, 0.1) is 5.92 Å². The minimum atomic E-state index is -0.967. The molecule has 2 fully saturated rings. The third-order valence-electron chi connectivity index (χ3n) is 11.0. The van der Waals surface area contributed by atoms with Crippen LogP contribution in [-0.2, 0) is 25.6 Å². The maximum atomic E-state index is 13.7. The van der Waals surface area contributed by atoms with Crippen molar-refractivity contribution in [2.75, 3.05) is 41.0 Å². The highest BCUT2D eigenvalue weighted by atomic mass is 16.5. The van der Waals surface area contributed by atoms with E-state index in [1.807, 2.05) is 18.2 Å². The number of carbonyl (C=O) groups is 3. The standard InChI is InChI=1S/C39H43N7O8/c1-20(52-3)33(44-38(48)53-4)37(47)45-11-5-6-30(45)35-40-16-29(42-35)23-7-9-25-24(13-23)19-54-32-15-26-22(14-27(25)32)8-10-28-34(26)43-36(41-28)31-12-21(18-51-2)17-46(31)39(49)50/h7-10,13-16,20-21,30-31,33H,5-6,11-12,17-19H2,1-4H3,(H,40,42)(H,41,43)(H,44,48)(H,49,50)/t20?,21-,30-,31-,33?/m0/s1. The highest BCUT2D eigenvalue weighted by molar-refractivity contribution is 6.07. The summed E-state index contributed by atoms with van der Waals surface area (Å²) in [4.78, 5) is 57.5. The number of alkyl carbamates (subject to hydrolysis) is 1. The van der Waals surface area contributed by atoms with E-state index in [0.29, 0.717) is 44.4 Å². The molecule has 2 unspecified atom stereocenters. The Morgan fingerprint density at radius 3 is 2.67 bits per heavy atom.